The number of nitrogens with one attached hydrogen (secondary N) is 2. The summed E-state index contributed by atoms with van der Waals surface area (Å²) >= 11 is 0. The van der Waals surface area contributed by atoms with Crippen LogP contribution in [-0.4, -0.2) is 31.4 Å². The Kier molecular flexibility index (Phi) is 5.12. The smallest absolute Gasteiger partial charge is 0.273 e. The second kappa shape index (κ2) is 6.96. The number of nitrogens with zero attached hydrogens (tertiary/aromatic N) is 1. The van der Waals surface area contributed by atoms with Gasteiger partial charge in [0, 0.05) is 24.0 Å². The Balaban J connectivity index is 2.24. The number of furan rings is 1. The third kappa shape index (κ3) is 4.25. The van der Waals surface area contributed by atoms with Gasteiger partial charge < -0.3 is 4.42 Å². The van der Waals surface area contributed by atoms with Gasteiger partial charge in [-0.05, 0) is 26.0 Å². The van der Waals surface area contributed by atoms with Gasteiger partial charge >= 0.3 is 0 Å². The largest absolute Gasteiger partial charge is 0.466 e. The minimum absolute atomic E-state index is 0.207. The molecule has 0 unspecified atom stereocenters. The number of carbonyl (C=O) groups excluding carboxylic acids is 2. The highest BCUT2D eigenvalue weighted by Crippen LogP contribution is 2.21. The van der Waals surface area contributed by atoms with Crippen molar-refractivity contribution in [3.05, 3.63) is 57.0 Å². The Bertz CT molecular complexity index is 1010. The quantitative estimate of drug-likeness (QED) is 0.598. The van der Waals surface area contributed by atoms with E-state index in [1.165, 1.54) is 6.07 Å². The SMILES string of the molecule is Cc1cc(C(=O)NNC(=O)c2cc([N+](=O)[O-])cc(S(C)(=O)=O)c2)c(C)o1. The number of amides is 2. The van der Waals surface area contributed by atoms with E-state index in [-0.39, 0.29) is 16.0 Å². The van der Waals surface area contributed by atoms with E-state index in [4.69, 9.17) is 4.42 Å². The zero-order chi connectivity index (χ0) is 19.6. The Morgan fingerprint density at radius 2 is 1.69 bits per heavy atom. The summed E-state index contributed by atoms with van der Waals surface area (Å²) in [6.45, 7) is 3.22. The number of non-ortho nitro benzene ring substituents is 1. The van der Waals surface area contributed by atoms with Crippen LogP contribution in [0.15, 0.2) is 33.6 Å². The standard InChI is InChI=1S/C15H15N3O7S/c1-8-4-13(9(2)25-8)15(20)17-16-14(19)10-5-11(18(21)22)7-12(6-10)26(3,23)24/h4-7H,1-3H3,(H,16,19)(H,17,20). The molecule has 0 fully saturated rings. The van der Waals surface area contributed by atoms with Crippen LogP contribution in [0.3, 0.4) is 0 Å². The van der Waals surface area contributed by atoms with E-state index in [1.54, 1.807) is 13.8 Å². The van der Waals surface area contributed by atoms with Crippen LogP contribution in [0.1, 0.15) is 32.2 Å². The van der Waals surface area contributed by atoms with Crippen molar-refractivity contribution in [2.45, 2.75) is 18.7 Å². The van der Waals surface area contributed by atoms with Gasteiger partial charge in [-0.25, -0.2) is 8.42 Å². The monoisotopic (exact) mass is 381 g/mol. The first-order chi connectivity index (χ1) is 12.0. The molecule has 0 spiro atoms. The van der Waals surface area contributed by atoms with Gasteiger partial charge in [0.25, 0.3) is 17.5 Å². The molecule has 0 saturated heterocycles. The van der Waals surface area contributed by atoms with Crippen molar-refractivity contribution in [2.75, 3.05) is 6.26 Å². The van der Waals surface area contributed by atoms with E-state index in [1.807, 2.05) is 0 Å². The van der Waals surface area contributed by atoms with Crippen molar-refractivity contribution >= 4 is 27.3 Å². The molecule has 138 valence electrons. The molecule has 0 bridgehead atoms. The van der Waals surface area contributed by atoms with Crippen LogP contribution in [0.2, 0.25) is 0 Å². The summed E-state index contributed by atoms with van der Waals surface area (Å²) in [4.78, 5) is 33.9. The molecule has 2 rings (SSSR count). The third-order valence-corrected chi connectivity index (χ3v) is 4.46. The summed E-state index contributed by atoms with van der Waals surface area (Å²) in [6.07, 6.45) is 0.861. The molecular formula is C15H15N3O7S. The molecule has 1 aromatic carbocycles. The molecule has 0 radical (unpaired) electrons. The Morgan fingerprint density at radius 1 is 1.08 bits per heavy atom. The molecule has 2 aromatic rings. The predicted octanol–water partition coefficient (Wildman–Crippen LogP) is 1.28. The van der Waals surface area contributed by atoms with E-state index < -0.39 is 32.3 Å². The summed E-state index contributed by atoms with van der Waals surface area (Å²) in [7, 11) is -3.78. The first kappa shape index (κ1) is 19.1. The van der Waals surface area contributed by atoms with Crippen LogP contribution in [0.4, 0.5) is 5.69 Å². The Hall–Kier alpha value is -3.21. The van der Waals surface area contributed by atoms with Crippen LogP contribution in [0.5, 0.6) is 0 Å². The van der Waals surface area contributed by atoms with E-state index in [2.05, 4.69) is 10.9 Å². The molecule has 0 aliphatic heterocycles. The lowest BCUT2D eigenvalue weighted by molar-refractivity contribution is -0.385. The van der Waals surface area contributed by atoms with Crippen molar-refractivity contribution in [2.24, 2.45) is 0 Å². The summed E-state index contributed by atoms with van der Waals surface area (Å²) in [5, 5.41) is 10.9. The molecule has 10 nitrogen and oxygen atoms in total. The van der Waals surface area contributed by atoms with E-state index in [0.29, 0.717) is 11.5 Å². The van der Waals surface area contributed by atoms with Crippen LogP contribution < -0.4 is 10.9 Å². The number of rotatable bonds is 4. The number of hydrogen-bond acceptors (Lipinski definition) is 7. The lowest BCUT2D eigenvalue weighted by Crippen LogP contribution is -2.41. The highest BCUT2D eigenvalue weighted by atomic mass is 32.2. The van der Waals surface area contributed by atoms with Crippen molar-refractivity contribution in [3.63, 3.8) is 0 Å². The lowest BCUT2D eigenvalue weighted by atomic mass is 10.2. The topological polar surface area (TPSA) is 149 Å². The van der Waals surface area contributed by atoms with Gasteiger partial charge in [-0.15, -0.1) is 0 Å². The fraction of sp³-hybridized carbons (Fsp3) is 0.200. The van der Waals surface area contributed by atoms with Crippen molar-refractivity contribution in [1.82, 2.24) is 10.9 Å². The summed E-state index contributed by atoms with van der Waals surface area (Å²) in [5.41, 5.74) is 3.57. The third-order valence-electron chi connectivity index (χ3n) is 3.37. The Labute approximate surface area is 148 Å². The molecule has 0 saturated carbocycles. The van der Waals surface area contributed by atoms with Gasteiger partial charge in [-0.3, -0.25) is 30.6 Å². The first-order valence-electron chi connectivity index (χ1n) is 7.16. The second-order valence-corrected chi connectivity index (χ2v) is 7.50. The maximum atomic E-state index is 12.2. The Morgan fingerprint density at radius 3 is 2.19 bits per heavy atom. The zero-order valence-corrected chi connectivity index (χ0v) is 14.8. The number of benzene rings is 1. The average molecular weight is 381 g/mol. The first-order valence-corrected chi connectivity index (χ1v) is 9.05. The van der Waals surface area contributed by atoms with Gasteiger partial charge in [0.1, 0.15) is 11.5 Å². The van der Waals surface area contributed by atoms with Crippen molar-refractivity contribution in [1.29, 1.82) is 0 Å². The number of aryl methyl sites for hydroxylation is 2. The second-order valence-electron chi connectivity index (χ2n) is 5.48. The highest BCUT2D eigenvalue weighted by Gasteiger charge is 2.20. The summed E-state index contributed by atoms with van der Waals surface area (Å²) < 4.78 is 28.5. The molecule has 1 aromatic heterocycles. The van der Waals surface area contributed by atoms with E-state index >= 15 is 0 Å². The molecule has 26 heavy (non-hydrogen) atoms. The molecular weight excluding hydrogens is 366 g/mol. The van der Waals surface area contributed by atoms with Gasteiger partial charge in [-0.2, -0.15) is 0 Å². The number of nitro groups is 1. The molecule has 11 heteroatoms. The van der Waals surface area contributed by atoms with E-state index in [9.17, 15) is 28.1 Å². The lowest BCUT2D eigenvalue weighted by Gasteiger charge is -2.08. The fourth-order valence-corrected chi connectivity index (χ4v) is 2.82. The van der Waals surface area contributed by atoms with E-state index in [0.717, 1.165) is 24.5 Å². The van der Waals surface area contributed by atoms with Crippen LogP contribution >= 0.6 is 0 Å². The summed E-state index contributed by atoms with van der Waals surface area (Å²) in [6, 6.07) is 4.22. The number of nitro benzene ring substituents is 1. The van der Waals surface area contributed by atoms with Gasteiger partial charge in [-0.1, -0.05) is 0 Å². The van der Waals surface area contributed by atoms with Crippen LogP contribution in [-0.2, 0) is 9.84 Å². The number of sulfone groups is 1. The maximum Gasteiger partial charge on any atom is 0.273 e. The average Bonchev–Trinajstić information content (AvgIpc) is 2.89. The normalized spacial score (nSPS) is 11.0. The van der Waals surface area contributed by atoms with Crippen LogP contribution in [0.25, 0.3) is 0 Å². The van der Waals surface area contributed by atoms with Gasteiger partial charge in [0.2, 0.25) is 0 Å². The molecule has 0 aliphatic carbocycles. The summed E-state index contributed by atoms with van der Waals surface area (Å²) in [5.74, 6) is -0.703. The molecule has 0 aliphatic rings. The highest BCUT2D eigenvalue weighted by molar-refractivity contribution is 7.90. The minimum Gasteiger partial charge on any atom is -0.466 e. The molecule has 1 heterocycles. The molecule has 2 amide bonds. The fourth-order valence-electron chi connectivity index (χ4n) is 2.14. The molecule has 2 N–H and O–H groups in total. The number of hydrazine groups is 1. The predicted molar refractivity (Wildman–Crippen MR) is 89.3 cm³/mol. The van der Waals surface area contributed by atoms with Crippen molar-refractivity contribution < 1.29 is 27.3 Å². The van der Waals surface area contributed by atoms with Crippen molar-refractivity contribution in [3.8, 4) is 0 Å². The zero-order valence-electron chi connectivity index (χ0n) is 14.0. The molecule has 0 atom stereocenters. The van der Waals surface area contributed by atoms with Gasteiger partial charge in [0.05, 0.1) is 15.4 Å². The number of carbonyl (C=O) groups is 2. The maximum absolute atomic E-state index is 12.2. The minimum atomic E-state index is -3.78. The number of hydrogen-bond donors (Lipinski definition) is 2. The van der Waals surface area contributed by atoms with Gasteiger partial charge in [0.15, 0.2) is 9.84 Å². The van der Waals surface area contributed by atoms with Crippen LogP contribution in [0, 0.1) is 24.0 Å².